The summed E-state index contributed by atoms with van der Waals surface area (Å²) in [4.78, 5) is 22.3. The Labute approximate surface area is 156 Å². The van der Waals surface area contributed by atoms with Crippen LogP contribution in [0.15, 0.2) is 54.9 Å². The van der Waals surface area contributed by atoms with Crippen LogP contribution in [0, 0.1) is 11.7 Å². The molecule has 27 heavy (non-hydrogen) atoms. The van der Waals surface area contributed by atoms with Crippen LogP contribution in [0.2, 0.25) is 0 Å². The number of hydrogen-bond donors (Lipinski definition) is 1. The molecule has 3 heterocycles. The quantitative estimate of drug-likeness (QED) is 0.763. The molecule has 5 rings (SSSR count). The molecule has 1 aliphatic carbocycles. The predicted octanol–water partition coefficient (Wildman–Crippen LogP) is 4.12. The smallest absolute Gasteiger partial charge is 0.226 e. The summed E-state index contributed by atoms with van der Waals surface area (Å²) in [6.45, 7) is 1.32. The molecule has 1 amide bonds. The fraction of sp³-hybridized carbons (Fsp3) is 0.273. The van der Waals surface area contributed by atoms with E-state index in [4.69, 9.17) is 0 Å². The lowest BCUT2D eigenvalue weighted by molar-refractivity contribution is -0.132. The maximum Gasteiger partial charge on any atom is 0.226 e. The van der Waals surface area contributed by atoms with Gasteiger partial charge in [0, 0.05) is 42.4 Å². The van der Waals surface area contributed by atoms with E-state index in [1.807, 2.05) is 23.2 Å². The van der Waals surface area contributed by atoms with Gasteiger partial charge in [0.25, 0.3) is 0 Å². The van der Waals surface area contributed by atoms with E-state index in [2.05, 4.69) is 22.1 Å². The van der Waals surface area contributed by atoms with E-state index in [0.717, 1.165) is 23.9 Å². The summed E-state index contributed by atoms with van der Waals surface area (Å²) in [5.41, 5.74) is 3.98. The van der Waals surface area contributed by atoms with Crippen LogP contribution in [0.3, 0.4) is 0 Å². The number of amides is 1. The number of aromatic amines is 1. The van der Waals surface area contributed by atoms with Gasteiger partial charge in [0.15, 0.2) is 0 Å². The number of halogens is 1. The van der Waals surface area contributed by atoms with Crippen LogP contribution in [0.1, 0.15) is 29.9 Å². The molecule has 0 saturated heterocycles. The third-order valence-electron chi connectivity index (χ3n) is 5.73. The minimum atomic E-state index is -0.202. The summed E-state index contributed by atoms with van der Waals surface area (Å²) in [6.07, 6.45) is 7.49. The Bertz CT molecular complexity index is 1050. The van der Waals surface area contributed by atoms with Gasteiger partial charge in [-0.3, -0.25) is 4.79 Å². The van der Waals surface area contributed by atoms with Crippen LogP contribution in [0.4, 0.5) is 4.39 Å². The van der Waals surface area contributed by atoms with Crippen molar-refractivity contribution in [2.75, 3.05) is 13.1 Å². The molecular formula is C22H20FN3O. The number of nitrogens with one attached hydrogen (secondary N) is 1. The number of hydrogen-bond acceptors (Lipinski definition) is 2. The Morgan fingerprint density at radius 3 is 2.93 bits per heavy atom. The number of pyridine rings is 1. The SMILES string of the molecule is O=C([C@@H]1C[C@@H]1c1ccccc1F)N1CC=C(c2c[nH]c3ncccc23)CC1. The number of benzene rings is 1. The van der Waals surface area contributed by atoms with Crippen LogP contribution in [-0.4, -0.2) is 33.9 Å². The van der Waals surface area contributed by atoms with Crippen LogP contribution >= 0.6 is 0 Å². The predicted molar refractivity (Wildman–Crippen MR) is 103 cm³/mol. The largest absolute Gasteiger partial charge is 0.346 e. The number of carbonyl (C=O) groups excluding carboxylic acids is 1. The van der Waals surface area contributed by atoms with Gasteiger partial charge in [0.05, 0.1) is 0 Å². The first-order valence-corrected chi connectivity index (χ1v) is 9.37. The first-order chi connectivity index (χ1) is 13.2. The number of rotatable bonds is 3. The molecule has 3 aromatic rings. The molecule has 1 aromatic carbocycles. The zero-order valence-electron chi connectivity index (χ0n) is 14.9. The third-order valence-corrected chi connectivity index (χ3v) is 5.73. The second-order valence-electron chi connectivity index (χ2n) is 7.34. The molecule has 2 atom stereocenters. The number of fused-ring (bicyclic) bond motifs is 1. The van der Waals surface area contributed by atoms with E-state index in [1.54, 1.807) is 18.3 Å². The number of H-pyrrole nitrogens is 1. The molecule has 4 nitrogen and oxygen atoms in total. The normalized spacial score (nSPS) is 22.0. The summed E-state index contributed by atoms with van der Waals surface area (Å²) >= 11 is 0. The average molecular weight is 361 g/mol. The van der Waals surface area contributed by atoms with Crippen molar-refractivity contribution in [1.82, 2.24) is 14.9 Å². The molecule has 1 fully saturated rings. The van der Waals surface area contributed by atoms with Crippen molar-refractivity contribution in [2.24, 2.45) is 5.92 Å². The number of aromatic nitrogens is 2. The monoisotopic (exact) mass is 361 g/mol. The van der Waals surface area contributed by atoms with Gasteiger partial charge < -0.3 is 9.88 Å². The fourth-order valence-corrected chi connectivity index (χ4v) is 4.16. The molecule has 136 valence electrons. The first-order valence-electron chi connectivity index (χ1n) is 9.37. The van der Waals surface area contributed by atoms with E-state index in [9.17, 15) is 9.18 Å². The molecule has 0 unspecified atom stereocenters. The van der Waals surface area contributed by atoms with Gasteiger partial charge in [0.1, 0.15) is 11.5 Å². The lowest BCUT2D eigenvalue weighted by atomic mass is 9.99. The maximum absolute atomic E-state index is 14.0. The van der Waals surface area contributed by atoms with E-state index in [0.29, 0.717) is 18.7 Å². The summed E-state index contributed by atoms with van der Waals surface area (Å²) in [7, 11) is 0. The first kappa shape index (κ1) is 16.2. The van der Waals surface area contributed by atoms with Gasteiger partial charge in [0.2, 0.25) is 5.91 Å². The molecule has 0 radical (unpaired) electrons. The Kier molecular flexibility index (Phi) is 3.81. The molecule has 2 aliphatic rings. The van der Waals surface area contributed by atoms with Crippen molar-refractivity contribution in [3.8, 4) is 0 Å². The van der Waals surface area contributed by atoms with Crippen LogP contribution in [0.5, 0.6) is 0 Å². The van der Waals surface area contributed by atoms with Gasteiger partial charge in [-0.1, -0.05) is 24.3 Å². The highest BCUT2D eigenvalue weighted by Gasteiger charge is 2.46. The summed E-state index contributed by atoms with van der Waals surface area (Å²) in [5.74, 6) is -0.0939. The van der Waals surface area contributed by atoms with Crippen LogP contribution in [0.25, 0.3) is 16.6 Å². The van der Waals surface area contributed by atoms with Gasteiger partial charge in [-0.05, 0) is 48.1 Å². The highest BCUT2D eigenvalue weighted by molar-refractivity contribution is 5.91. The second-order valence-corrected chi connectivity index (χ2v) is 7.34. The Morgan fingerprint density at radius 1 is 1.22 bits per heavy atom. The van der Waals surface area contributed by atoms with E-state index in [1.165, 1.54) is 17.2 Å². The van der Waals surface area contributed by atoms with Crippen LogP contribution in [-0.2, 0) is 4.79 Å². The maximum atomic E-state index is 14.0. The van der Waals surface area contributed by atoms with Crippen molar-refractivity contribution in [2.45, 2.75) is 18.8 Å². The number of nitrogens with zero attached hydrogens (tertiary/aromatic N) is 2. The third kappa shape index (κ3) is 2.83. The van der Waals surface area contributed by atoms with Crippen molar-refractivity contribution in [3.63, 3.8) is 0 Å². The van der Waals surface area contributed by atoms with E-state index >= 15 is 0 Å². The van der Waals surface area contributed by atoms with Crippen LogP contribution < -0.4 is 0 Å². The molecule has 1 saturated carbocycles. The van der Waals surface area contributed by atoms with Crippen molar-refractivity contribution in [1.29, 1.82) is 0 Å². The van der Waals surface area contributed by atoms with Gasteiger partial charge in [-0.2, -0.15) is 0 Å². The lowest BCUT2D eigenvalue weighted by Gasteiger charge is -2.27. The van der Waals surface area contributed by atoms with E-state index in [-0.39, 0.29) is 23.6 Å². The molecule has 0 spiro atoms. The van der Waals surface area contributed by atoms with Crippen molar-refractivity contribution < 1.29 is 9.18 Å². The Morgan fingerprint density at radius 2 is 2.11 bits per heavy atom. The molecular weight excluding hydrogens is 341 g/mol. The van der Waals surface area contributed by atoms with Gasteiger partial charge in [-0.25, -0.2) is 9.37 Å². The number of carbonyl (C=O) groups is 1. The summed E-state index contributed by atoms with van der Waals surface area (Å²) in [5, 5.41) is 1.12. The average Bonchev–Trinajstić information content (AvgIpc) is 3.38. The molecule has 2 aromatic heterocycles. The minimum Gasteiger partial charge on any atom is -0.346 e. The molecule has 1 aliphatic heterocycles. The zero-order chi connectivity index (χ0) is 18.4. The van der Waals surface area contributed by atoms with Crippen molar-refractivity contribution in [3.05, 3.63) is 71.8 Å². The standard InChI is InChI=1S/C22H20FN3O/c23-20-6-2-1-4-15(20)17-12-18(17)22(27)26-10-7-14(8-11-26)19-13-25-21-16(19)5-3-9-24-21/h1-7,9,13,17-18H,8,10-12H2,(H,24,25)/t17-,18-/m1/s1. The summed E-state index contributed by atoms with van der Waals surface area (Å²) < 4.78 is 14.0. The molecule has 5 heteroatoms. The second kappa shape index (κ2) is 6.34. The van der Waals surface area contributed by atoms with E-state index < -0.39 is 0 Å². The van der Waals surface area contributed by atoms with Crippen molar-refractivity contribution >= 4 is 22.5 Å². The molecule has 0 bridgehead atoms. The fourth-order valence-electron chi connectivity index (χ4n) is 4.16. The highest BCUT2D eigenvalue weighted by atomic mass is 19.1. The lowest BCUT2D eigenvalue weighted by Crippen LogP contribution is -2.36. The van der Waals surface area contributed by atoms with Gasteiger partial charge >= 0.3 is 0 Å². The topological polar surface area (TPSA) is 49.0 Å². The summed E-state index contributed by atoms with van der Waals surface area (Å²) in [6, 6.07) is 10.8. The Hall–Kier alpha value is -2.95. The molecule has 1 N–H and O–H groups in total. The minimum absolute atomic E-state index is 0.0313. The van der Waals surface area contributed by atoms with Gasteiger partial charge in [-0.15, -0.1) is 0 Å². The highest BCUT2D eigenvalue weighted by Crippen LogP contribution is 2.49. The zero-order valence-corrected chi connectivity index (χ0v) is 14.9. The Balaban J connectivity index is 1.29.